The van der Waals surface area contributed by atoms with Crippen LogP contribution in [0.1, 0.15) is 96.8 Å². The Kier molecular flexibility index (Phi) is 17.0. The van der Waals surface area contributed by atoms with Crippen molar-refractivity contribution in [1.29, 1.82) is 0 Å². The summed E-state index contributed by atoms with van der Waals surface area (Å²) in [5.74, 6) is 0.00626. The smallest absolute Gasteiger partial charge is 0.292 e. The number of rotatable bonds is 17. The largest absolute Gasteiger partial charge is 0.520 e. The highest BCUT2D eigenvalue weighted by Crippen LogP contribution is 2.12. The minimum Gasteiger partial charge on any atom is -0.520 e. The van der Waals surface area contributed by atoms with Crippen molar-refractivity contribution in [1.82, 2.24) is 0 Å². The molecule has 0 saturated heterocycles. The second-order valence-corrected chi connectivity index (χ2v) is 12.7. The standard InChI is InChI=1S/C23H44O2Si/c1-5-6-7-8-9-10-11-12-13-14-15-16-17-18-19-20-21-22-23(24)25-26(2,3)4/h9-10,12-13H,5-8,11,14-22H2,1-4H3/b10-9-,13-12-. The second-order valence-electron chi connectivity index (χ2n) is 8.27. The zero-order valence-corrected chi connectivity index (χ0v) is 19.0. The van der Waals surface area contributed by atoms with Crippen molar-refractivity contribution < 1.29 is 9.22 Å². The van der Waals surface area contributed by atoms with Gasteiger partial charge in [-0.25, -0.2) is 0 Å². The van der Waals surface area contributed by atoms with Gasteiger partial charge in [0.1, 0.15) is 0 Å². The molecule has 0 atom stereocenters. The Hall–Kier alpha value is -0.833. The molecule has 0 spiro atoms. The number of hydrogen-bond acceptors (Lipinski definition) is 2. The van der Waals surface area contributed by atoms with Gasteiger partial charge in [-0.3, -0.25) is 4.79 Å². The van der Waals surface area contributed by atoms with Gasteiger partial charge in [0.25, 0.3) is 5.97 Å². The van der Waals surface area contributed by atoms with Crippen molar-refractivity contribution in [3.63, 3.8) is 0 Å². The molecular weight excluding hydrogens is 336 g/mol. The predicted molar refractivity (Wildman–Crippen MR) is 118 cm³/mol. The number of carbonyl (C=O) groups is 1. The van der Waals surface area contributed by atoms with Gasteiger partial charge in [0.2, 0.25) is 8.32 Å². The molecule has 0 radical (unpaired) electrons. The molecular formula is C23H44O2Si. The monoisotopic (exact) mass is 380 g/mol. The molecule has 0 N–H and O–H groups in total. The Labute approximate surface area is 164 Å². The number of carbonyl (C=O) groups excluding carboxylic acids is 1. The van der Waals surface area contributed by atoms with E-state index in [1.807, 2.05) is 0 Å². The topological polar surface area (TPSA) is 26.3 Å². The van der Waals surface area contributed by atoms with E-state index < -0.39 is 8.32 Å². The van der Waals surface area contributed by atoms with E-state index in [4.69, 9.17) is 4.43 Å². The maximum absolute atomic E-state index is 11.6. The van der Waals surface area contributed by atoms with Gasteiger partial charge in [-0.2, -0.15) is 0 Å². The van der Waals surface area contributed by atoms with Crippen molar-refractivity contribution >= 4 is 14.3 Å². The first kappa shape index (κ1) is 25.2. The lowest BCUT2D eigenvalue weighted by molar-refractivity contribution is -0.135. The molecule has 152 valence electrons. The first-order valence-corrected chi connectivity index (χ1v) is 14.4. The Bertz CT molecular complexity index is 380. The van der Waals surface area contributed by atoms with Crippen molar-refractivity contribution in [3.05, 3.63) is 24.3 Å². The van der Waals surface area contributed by atoms with Crippen LogP contribution in [-0.4, -0.2) is 14.3 Å². The lowest BCUT2D eigenvalue weighted by Gasteiger charge is -2.17. The molecule has 0 aromatic heterocycles. The quantitative estimate of drug-likeness (QED) is 0.145. The van der Waals surface area contributed by atoms with Crippen LogP contribution in [0, 0.1) is 0 Å². The van der Waals surface area contributed by atoms with Gasteiger partial charge < -0.3 is 4.43 Å². The highest BCUT2D eigenvalue weighted by Gasteiger charge is 2.19. The molecule has 0 heterocycles. The Morgan fingerprint density at radius 2 is 1.23 bits per heavy atom. The molecule has 0 aliphatic carbocycles. The Morgan fingerprint density at radius 3 is 1.77 bits per heavy atom. The first-order valence-electron chi connectivity index (χ1n) is 11.0. The van der Waals surface area contributed by atoms with Crippen LogP contribution in [0.15, 0.2) is 24.3 Å². The summed E-state index contributed by atoms with van der Waals surface area (Å²) in [7, 11) is -1.69. The minimum atomic E-state index is -1.69. The third-order valence-corrected chi connectivity index (χ3v) is 5.09. The molecule has 0 aromatic rings. The van der Waals surface area contributed by atoms with Gasteiger partial charge in [-0.05, 0) is 58.2 Å². The minimum absolute atomic E-state index is 0.00626. The van der Waals surface area contributed by atoms with Crippen LogP contribution in [0.3, 0.4) is 0 Å². The first-order chi connectivity index (χ1) is 12.5. The van der Waals surface area contributed by atoms with Gasteiger partial charge in [0, 0.05) is 6.42 Å². The highest BCUT2D eigenvalue weighted by atomic mass is 28.4. The number of hydrogen-bond donors (Lipinski definition) is 0. The molecule has 0 aliphatic rings. The Morgan fingerprint density at radius 1 is 0.731 bits per heavy atom. The Balaban J connectivity index is 3.29. The summed E-state index contributed by atoms with van der Waals surface area (Å²) in [5, 5.41) is 0. The average Bonchev–Trinajstić information content (AvgIpc) is 2.56. The molecule has 0 unspecified atom stereocenters. The molecule has 0 saturated carbocycles. The fourth-order valence-electron chi connectivity index (χ4n) is 2.83. The molecule has 0 bridgehead atoms. The van der Waals surface area contributed by atoms with E-state index in [9.17, 15) is 4.79 Å². The van der Waals surface area contributed by atoms with Crippen molar-refractivity contribution in [3.8, 4) is 0 Å². The van der Waals surface area contributed by atoms with E-state index in [0.717, 1.165) is 19.3 Å². The van der Waals surface area contributed by atoms with Crippen LogP contribution in [-0.2, 0) is 9.22 Å². The molecule has 0 rings (SSSR count). The lowest BCUT2D eigenvalue weighted by atomic mass is 10.1. The normalized spacial score (nSPS) is 12.3. The van der Waals surface area contributed by atoms with Crippen LogP contribution in [0.4, 0.5) is 0 Å². The lowest BCUT2D eigenvalue weighted by Crippen LogP contribution is -2.28. The van der Waals surface area contributed by atoms with Crippen LogP contribution >= 0.6 is 0 Å². The van der Waals surface area contributed by atoms with E-state index in [1.165, 1.54) is 64.2 Å². The summed E-state index contributed by atoms with van der Waals surface area (Å²) in [6, 6.07) is 0. The van der Waals surface area contributed by atoms with E-state index in [2.05, 4.69) is 50.9 Å². The predicted octanol–water partition coefficient (Wildman–Crippen LogP) is 7.96. The maximum Gasteiger partial charge on any atom is 0.292 e. The van der Waals surface area contributed by atoms with Gasteiger partial charge in [0.15, 0.2) is 0 Å². The van der Waals surface area contributed by atoms with E-state index in [1.54, 1.807) is 0 Å². The van der Waals surface area contributed by atoms with E-state index in [-0.39, 0.29) is 5.97 Å². The van der Waals surface area contributed by atoms with Gasteiger partial charge in [-0.15, -0.1) is 0 Å². The van der Waals surface area contributed by atoms with Gasteiger partial charge >= 0.3 is 0 Å². The summed E-state index contributed by atoms with van der Waals surface area (Å²) in [4.78, 5) is 11.6. The maximum atomic E-state index is 11.6. The summed E-state index contributed by atoms with van der Waals surface area (Å²) >= 11 is 0. The summed E-state index contributed by atoms with van der Waals surface area (Å²) in [6.07, 6.45) is 26.0. The van der Waals surface area contributed by atoms with Crippen molar-refractivity contribution in [2.75, 3.05) is 0 Å². The summed E-state index contributed by atoms with van der Waals surface area (Å²) in [5.41, 5.74) is 0. The number of unbranched alkanes of at least 4 members (excludes halogenated alkanes) is 10. The average molecular weight is 381 g/mol. The zero-order chi connectivity index (χ0) is 19.5. The van der Waals surface area contributed by atoms with Crippen LogP contribution in [0.5, 0.6) is 0 Å². The second kappa shape index (κ2) is 17.6. The fourth-order valence-corrected chi connectivity index (χ4v) is 3.61. The molecule has 2 nitrogen and oxygen atoms in total. The molecule has 3 heteroatoms. The van der Waals surface area contributed by atoms with Crippen LogP contribution in [0.2, 0.25) is 19.6 Å². The fraction of sp³-hybridized carbons (Fsp3) is 0.783. The summed E-state index contributed by atoms with van der Waals surface area (Å²) < 4.78 is 5.46. The number of allylic oxidation sites excluding steroid dienone is 4. The summed E-state index contributed by atoms with van der Waals surface area (Å²) in [6.45, 7) is 8.43. The zero-order valence-electron chi connectivity index (χ0n) is 18.0. The van der Waals surface area contributed by atoms with Crippen LogP contribution < -0.4 is 0 Å². The molecule has 26 heavy (non-hydrogen) atoms. The molecule has 0 fully saturated rings. The van der Waals surface area contributed by atoms with Crippen molar-refractivity contribution in [2.45, 2.75) is 116 Å². The van der Waals surface area contributed by atoms with Gasteiger partial charge in [-0.1, -0.05) is 76.2 Å². The molecule has 0 amide bonds. The highest BCUT2D eigenvalue weighted by molar-refractivity contribution is 6.71. The molecule has 0 aliphatic heterocycles. The van der Waals surface area contributed by atoms with E-state index in [0.29, 0.717) is 6.42 Å². The van der Waals surface area contributed by atoms with Crippen molar-refractivity contribution in [2.24, 2.45) is 0 Å². The van der Waals surface area contributed by atoms with E-state index >= 15 is 0 Å². The van der Waals surface area contributed by atoms with Gasteiger partial charge in [0.05, 0.1) is 0 Å². The third-order valence-electron chi connectivity index (χ3n) is 4.25. The third kappa shape index (κ3) is 21.2. The SMILES string of the molecule is CCCCC/C=C\C/C=C\CCCCCCCCCC(=O)O[Si](C)(C)C. The molecule has 0 aromatic carbocycles. The van der Waals surface area contributed by atoms with Crippen LogP contribution in [0.25, 0.3) is 0 Å².